The molecule has 1 fully saturated rings. The van der Waals surface area contributed by atoms with Gasteiger partial charge in [0.1, 0.15) is 0 Å². The normalized spacial score (nSPS) is 17.0. The molecule has 0 aromatic heterocycles. The first-order chi connectivity index (χ1) is 14.0. The minimum absolute atomic E-state index is 0.256. The largest absolute Gasteiger partial charge is 0.490 e. The summed E-state index contributed by atoms with van der Waals surface area (Å²) >= 11 is 0. The van der Waals surface area contributed by atoms with Crippen LogP contribution in [0.4, 0.5) is 0 Å². The molecule has 1 aliphatic rings. The highest BCUT2D eigenvalue weighted by atomic mass is 32.2. The summed E-state index contributed by atoms with van der Waals surface area (Å²) < 4.78 is 34.2. The van der Waals surface area contributed by atoms with Gasteiger partial charge in [-0.05, 0) is 38.0 Å². The van der Waals surface area contributed by atoms with E-state index in [4.69, 9.17) is 9.47 Å². The third-order valence-electron chi connectivity index (χ3n) is 4.70. The molecule has 0 unspecified atom stereocenters. The number of rotatable bonds is 10. The lowest BCUT2D eigenvalue weighted by Gasteiger charge is -2.26. The van der Waals surface area contributed by atoms with Crippen LogP contribution in [-0.2, 0) is 16.3 Å². The van der Waals surface area contributed by atoms with Crippen LogP contribution >= 0.6 is 0 Å². The van der Waals surface area contributed by atoms with Crippen molar-refractivity contribution in [1.29, 1.82) is 0 Å². The summed E-state index contributed by atoms with van der Waals surface area (Å²) in [6.07, 6.45) is 0.831. The first kappa shape index (κ1) is 23.3. The van der Waals surface area contributed by atoms with Crippen molar-refractivity contribution in [2.24, 2.45) is 4.99 Å². The van der Waals surface area contributed by atoms with Crippen LogP contribution < -0.4 is 20.1 Å². The van der Waals surface area contributed by atoms with Crippen molar-refractivity contribution in [1.82, 2.24) is 15.5 Å². The number of nitrogens with one attached hydrogen (secondary N) is 2. The molecule has 0 atom stereocenters. The zero-order chi connectivity index (χ0) is 21.1. The maximum absolute atomic E-state index is 11.5. The number of sulfone groups is 1. The molecule has 0 bridgehead atoms. The molecule has 0 radical (unpaired) electrons. The van der Waals surface area contributed by atoms with Crippen LogP contribution in [0.15, 0.2) is 23.2 Å². The number of ether oxygens (including phenoxy) is 2. The SMILES string of the molecule is CCOc1ccc(CCNC(=NC)NCCN2CCS(=O)(=O)CC2)cc1OCC. The Morgan fingerprint density at radius 2 is 1.72 bits per heavy atom. The smallest absolute Gasteiger partial charge is 0.191 e. The third-order valence-corrected chi connectivity index (χ3v) is 6.30. The molecule has 1 saturated heterocycles. The maximum Gasteiger partial charge on any atom is 0.191 e. The average molecular weight is 427 g/mol. The number of aliphatic imine (C=N–C) groups is 1. The highest BCUT2D eigenvalue weighted by Gasteiger charge is 2.20. The highest BCUT2D eigenvalue weighted by molar-refractivity contribution is 7.91. The number of benzene rings is 1. The molecule has 1 aromatic carbocycles. The first-order valence-electron chi connectivity index (χ1n) is 10.2. The Balaban J connectivity index is 1.73. The summed E-state index contributed by atoms with van der Waals surface area (Å²) in [5.74, 6) is 2.80. The molecule has 2 N–H and O–H groups in total. The fourth-order valence-electron chi connectivity index (χ4n) is 3.10. The zero-order valence-corrected chi connectivity index (χ0v) is 18.6. The molecule has 8 nitrogen and oxygen atoms in total. The van der Waals surface area contributed by atoms with E-state index >= 15 is 0 Å². The number of hydrogen-bond donors (Lipinski definition) is 2. The van der Waals surface area contributed by atoms with Crippen molar-refractivity contribution in [2.45, 2.75) is 20.3 Å². The monoisotopic (exact) mass is 426 g/mol. The lowest BCUT2D eigenvalue weighted by atomic mass is 10.1. The van der Waals surface area contributed by atoms with Crippen molar-refractivity contribution in [3.63, 3.8) is 0 Å². The van der Waals surface area contributed by atoms with Crippen LogP contribution in [0.25, 0.3) is 0 Å². The molecule has 9 heteroatoms. The lowest BCUT2D eigenvalue weighted by Crippen LogP contribution is -2.46. The Kier molecular flexibility index (Phi) is 9.53. The van der Waals surface area contributed by atoms with Gasteiger partial charge in [-0.3, -0.25) is 9.89 Å². The number of nitrogens with zero attached hydrogens (tertiary/aromatic N) is 2. The van der Waals surface area contributed by atoms with Crippen LogP contribution in [0, 0.1) is 0 Å². The Morgan fingerprint density at radius 3 is 2.38 bits per heavy atom. The summed E-state index contributed by atoms with van der Waals surface area (Å²) in [5.41, 5.74) is 1.16. The van der Waals surface area contributed by atoms with E-state index in [1.54, 1.807) is 7.05 Å². The van der Waals surface area contributed by atoms with Crippen LogP contribution in [-0.4, -0.2) is 83.8 Å². The first-order valence-corrected chi connectivity index (χ1v) is 12.1. The predicted molar refractivity (Wildman–Crippen MR) is 117 cm³/mol. The van der Waals surface area contributed by atoms with E-state index in [9.17, 15) is 8.42 Å². The van der Waals surface area contributed by atoms with E-state index in [0.29, 0.717) is 26.3 Å². The van der Waals surface area contributed by atoms with Gasteiger partial charge in [-0.1, -0.05) is 6.07 Å². The third kappa shape index (κ3) is 8.10. The fraction of sp³-hybridized carbons (Fsp3) is 0.650. The van der Waals surface area contributed by atoms with Gasteiger partial charge in [0.05, 0.1) is 24.7 Å². The summed E-state index contributed by atoms with van der Waals surface area (Å²) in [7, 11) is -1.09. The second kappa shape index (κ2) is 11.9. The van der Waals surface area contributed by atoms with Crippen molar-refractivity contribution in [2.75, 3.05) is 64.5 Å². The Labute approximate surface area is 174 Å². The average Bonchev–Trinajstić information content (AvgIpc) is 2.70. The van der Waals surface area contributed by atoms with E-state index in [1.807, 2.05) is 26.0 Å². The quantitative estimate of drug-likeness (QED) is 0.425. The van der Waals surface area contributed by atoms with E-state index in [-0.39, 0.29) is 11.5 Å². The Bertz CT molecular complexity index is 754. The number of hydrogen-bond acceptors (Lipinski definition) is 6. The van der Waals surface area contributed by atoms with Gasteiger partial charge in [0.2, 0.25) is 0 Å². The minimum atomic E-state index is -2.83. The molecule has 0 spiro atoms. The van der Waals surface area contributed by atoms with Gasteiger partial charge >= 0.3 is 0 Å². The van der Waals surface area contributed by atoms with E-state index < -0.39 is 9.84 Å². The molecule has 29 heavy (non-hydrogen) atoms. The van der Waals surface area contributed by atoms with Gasteiger partial charge in [-0.15, -0.1) is 0 Å². The molecule has 0 aliphatic carbocycles. The van der Waals surface area contributed by atoms with E-state index in [0.717, 1.165) is 49.1 Å². The second-order valence-corrected chi connectivity index (χ2v) is 9.12. The summed E-state index contributed by atoms with van der Waals surface area (Å²) in [4.78, 5) is 6.41. The van der Waals surface area contributed by atoms with Crippen LogP contribution in [0.1, 0.15) is 19.4 Å². The van der Waals surface area contributed by atoms with Crippen molar-refractivity contribution in [3.05, 3.63) is 23.8 Å². The molecule has 164 valence electrons. The summed E-state index contributed by atoms with van der Waals surface area (Å²) in [6, 6.07) is 6.03. The minimum Gasteiger partial charge on any atom is -0.490 e. The molecule has 2 rings (SSSR count). The van der Waals surface area contributed by atoms with Crippen molar-refractivity contribution in [3.8, 4) is 11.5 Å². The molecular formula is C20H34N4O4S. The Hall–Kier alpha value is -2.00. The van der Waals surface area contributed by atoms with Gasteiger partial charge in [-0.2, -0.15) is 0 Å². The van der Waals surface area contributed by atoms with Gasteiger partial charge in [-0.25, -0.2) is 8.42 Å². The second-order valence-electron chi connectivity index (χ2n) is 6.82. The highest BCUT2D eigenvalue weighted by Crippen LogP contribution is 2.28. The van der Waals surface area contributed by atoms with Crippen LogP contribution in [0.3, 0.4) is 0 Å². The predicted octanol–water partition coefficient (Wildman–Crippen LogP) is 0.922. The topological polar surface area (TPSA) is 92.3 Å². The van der Waals surface area contributed by atoms with Gasteiger partial charge in [0.25, 0.3) is 0 Å². The Morgan fingerprint density at radius 1 is 1.07 bits per heavy atom. The molecule has 0 amide bonds. The zero-order valence-electron chi connectivity index (χ0n) is 17.7. The molecule has 1 heterocycles. The van der Waals surface area contributed by atoms with Crippen LogP contribution in [0.2, 0.25) is 0 Å². The van der Waals surface area contributed by atoms with Crippen molar-refractivity contribution >= 4 is 15.8 Å². The molecular weight excluding hydrogens is 392 g/mol. The van der Waals surface area contributed by atoms with Gasteiger partial charge in [0.15, 0.2) is 27.3 Å². The molecule has 0 saturated carbocycles. The fourth-order valence-corrected chi connectivity index (χ4v) is 4.38. The number of guanidine groups is 1. The van der Waals surface area contributed by atoms with Gasteiger partial charge < -0.3 is 20.1 Å². The standard InChI is InChI=1S/C20H34N4O4S/c1-4-27-18-7-6-17(16-19(18)28-5-2)8-9-22-20(21-3)23-10-11-24-12-14-29(25,26)15-13-24/h6-7,16H,4-5,8-15H2,1-3H3,(H2,21,22,23). The lowest BCUT2D eigenvalue weighted by molar-refractivity contribution is 0.287. The van der Waals surface area contributed by atoms with Crippen molar-refractivity contribution < 1.29 is 17.9 Å². The van der Waals surface area contributed by atoms with Gasteiger partial charge in [0, 0.05) is 39.8 Å². The van der Waals surface area contributed by atoms with E-state index in [2.05, 4.69) is 26.6 Å². The molecule has 1 aliphatic heterocycles. The summed E-state index contributed by atoms with van der Waals surface area (Å²) in [6.45, 7) is 8.59. The molecule has 1 aromatic rings. The van der Waals surface area contributed by atoms with Crippen LogP contribution in [0.5, 0.6) is 11.5 Å². The van der Waals surface area contributed by atoms with E-state index in [1.165, 1.54) is 0 Å². The maximum atomic E-state index is 11.5. The summed E-state index contributed by atoms with van der Waals surface area (Å²) in [5, 5.41) is 6.60.